The van der Waals surface area contributed by atoms with Gasteiger partial charge < -0.3 is 0 Å². The van der Waals surface area contributed by atoms with E-state index < -0.39 is 0 Å². The molecule has 71 valence electrons. The van der Waals surface area contributed by atoms with Gasteiger partial charge in [-0.1, -0.05) is 48.5 Å². The Morgan fingerprint density at radius 1 is 0.733 bits per heavy atom. The average Bonchev–Trinajstić information content (AvgIpc) is 2.30. The van der Waals surface area contributed by atoms with Gasteiger partial charge in [0.2, 0.25) is 0 Å². The lowest BCUT2D eigenvalue weighted by Crippen LogP contribution is -1.82. The largest absolute Gasteiger partial charge is 0.0616 e. The molecule has 3 aromatic rings. The molecule has 0 heterocycles. The molecule has 0 saturated heterocycles. The average molecular weight is 191 g/mol. The molecule has 0 spiro atoms. The third-order valence-corrected chi connectivity index (χ3v) is 2.93. The molecular formula is C15H11. The smallest absolute Gasteiger partial charge is 0.00141 e. The van der Waals surface area contributed by atoms with E-state index in [0.29, 0.717) is 0 Å². The topological polar surface area (TPSA) is 0 Å². The second kappa shape index (κ2) is 3.09. The maximum Gasteiger partial charge on any atom is -0.00141 e. The second-order valence-corrected chi connectivity index (χ2v) is 3.84. The van der Waals surface area contributed by atoms with E-state index in [9.17, 15) is 0 Å². The SMILES string of the molecule is Cc1c2ccccc2[c]c2ccccc12. The number of hydrogen-bond donors (Lipinski definition) is 0. The molecule has 1 radical (unpaired) electrons. The minimum Gasteiger partial charge on any atom is -0.0616 e. The summed E-state index contributed by atoms with van der Waals surface area (Å²) in [5, 5.41) is 5.01. The van der Waals surface area contributed by atoms with Gasteiger partial charge in [0, 0.05) is 0 Å². The summed E-state index contributed by atoms with van der Waals surface area (Å²) in [5.74, 6) is 0. The van der Waals surface area contributed by atoms with Crippen LogP contribution in [0.15, 0.2) is 48.5 Å². The molecule has 0 aliphatic rings. The number of fused-ring (bicyclic) bond motifs is 2. The fourth-order valence-electron chi connectivity index (χ4n) is 2.13. The van der Waals surface area contributed by atoms with Crippen LogP contribution in [0.3, 0.4) is 0 Å². The van der Waals surface area contributed by atoms with Crippen LogP contribution < -0.4 is 0 Å². The lowest BCUT2D eigenvalue weighted by Gasteiger charge is -2.06. The third-order valence-electron chi connectivity index (χ3n) is 2.93. The molecular weight excluding hydrogens is 180 g/mol. The van der Waals surface area contributed by atoms with Crippen molar-refractivity contribution < 1.29 is 0 Å². The van der Waals surface area contributed by atoms with Crippen molar-refractivity contribution in [1.82, 2.24) is 0 Å². The highest BCUT2D eigenvalue weighted by molar-refractivity contribution is 6.01. The summed E-state index contributed by atoms with van der Waals surface area (Å²) in [5.41, 5.74) is 1.35. The Hall–Kier alpha value is -1.82. The first-order valence-electron chi connectivity index (χ1n) is 5.15. The molecule has 3 aromatic carbocycles. The van der Waals surface area contributed by atoms with Crippen molar-refractivity contribution in [3.05, 3.63) is 60.2 Å². The van der Waals surface area contributed by atoms with Crippen LogP contribution in [-0.2, 0) is 0 Å². The van der Waals surface area contributed by atoms with Gasteiger partial charge in [0.25, 0.3) is 0 Å². The zero-order chi connectivity index (χ0) is 10.3. The molecule has 3 rings (SSSR count). The highest BCUT2D eigenvalue weighted by atomic mass is 14.1. The van der Waals surface area contributed by atoms with Crippen molar-refractivity contribution in [2.24, 2.45) is 0 Å². The van der Waals surface area contributed by atoms with E-state index in [1.54, 1.807) is 0 Å². The Morgan fingerprint density at radius 3 is 1.73 bits per heavy atom. The molecule has 0 aromatic heterocycles. The number of aryl methyl sites for hydroxylation is 1. The summed E-state index contributed by atoms with van der Waals surface area (Å²) < 4.78 is 0. The summed E-state index contributed by atoms with van der Waals surface area (Å²) in [4.78, 5) is 0. The lowest BCUT2D eigenvalue weighted by atomic mass is 9.98. The van der Waals surface area contributed by atoms with Crippen molar-refractivity contribution in [3.63, 3.8) is 0 Å². The molecule has 0 amide bonds. The van der Waals surface area contributed by atoms with E-state index in [1.165, 1.54) is 27.1 Å². The van der Waals surface area contributed by atoms with Gasteiger partial charge in [-0.05, 0) is 40.1 Å². The Bertz CT molecular complexity index is 582. The van der Waals surface area contributed by atoms with E-state index in [-0.39, 0.29) is 0 Å². The fourth-order valence-corrected chi connectivity index (χ4v) is 2.13. The van der Waals surface area contributed by atoms with Crippen molar-refractivity contribution in [3.8, 4) is 0 Å². The first kappa shape index (κ1) is 8.49. The Morgan fingerprint density at radius 2 is 1.20 bits per heavy atom. The van der Waals surface area contributed by atoms with Gasteiger partial charge in [-0.25, -0.2) is 0 Å². The molecule has 0 heteroatoms. The second-order valence-electron chi connectivity index (χ2n) is 3.84. The van der Waals surface area contributed by atoms with Gasteiger partial charge in [0.15, 0.2) is 0 Å². The summed E-state index contributed by atoms with van der Waals surface area (Å²) in [6.07, 6.45) is 0. The Labute approximate surface area is 89.2 Å². The van der Waals surface area contributed by atoms with E-state index in [4.69, 9.17) is 0 Å². The van der Waals surface area contributed by atoms with Gasteiger partial charge in [0.1, 0.15) is 0 Å². The molecule has 0 aliphatic carbocycles. The fraction of sp³-hybridized carbons (Fsp3) is 0.0667. The summed E-state index contributed by atoms with van der Waals surface area (Å²) in [6, 6.07) is 20.3. The number of benzene rings is 3. The van der Waals surface area contributed by atoms with Crippen LogP contribution in [-0.4, -0.2) is 0 Å². The lowest BCUT2D eigenvalue weighted by molar-refractivity contribution is 1.58. The zero-order valence-electron chi connectivity index (χ0n) is 8.62. The van der Waals surface area contributed by atoms with Crippen LogP contribution in [0.5, 0.6) is 0 Å². The molecule has 0 nitrogen and oxygen atoms in total. The molecule has 15 heavy (non-hydrogen) atoms. The summed E-state index contributed by atoms with van der Waals surface area (Å²) in [7, 11) is 0. The highest BCUT2D eigenvalue weighted by Crippen LogP contribution is 2.26. The molecule has 0 fully saturated rings. The highest BCUT2D eigenvalue weighted by Gasteiger charge is 2.02. The van der Waals surface area contributed by atoms with Gasteiger partial charge >= 0.3 is 0 Å². The number of hydrogen-bond acceptors (Lipinski definition) is 0. The molecule has 0 aliphatic heterocycles. The van der Waals surface area contributed by atoms with Crippen LogP contribution in [0, 0.1) is 13.0 Å². The van der Waals surface area contributed by atoms with Crippen molar-refractivity contribution in [2.45, 2.75) is 6.92 Å². The Balaban J connectivity index is 2.60. The van der Waals surface area contributed by atoms with Crippen molar-refractivity contribution in [2.75, 3.05) is 0 Å². The molecule has 0 bridgehead atoms. The van der Waals surface area contributed by atoms with E-state index >= 15 is 0 Å². The van der Waals surface area contributed by atoms with Gasteiger partial charge in [-0.15, -0.1) is 0 Å². The van der Waals surface area contributed by atoms with Crippen LogP contribution in [0.1, 0.15) is 5.56 Å². The van der Waals surface area contributed by atoms with Gasteiger partial charge in [0.05, 0.1) is 0 Å². The molecule has 0 unspecified atom stereocenters. The third kappa shape index (κ3) is 1.22. The van der Waals surface area contributed by atoms with Crippen molar-refractivity contribution in [1.29, 1.82) is 0 Å². The monoisotopic (exact) mass is 191 g/mol. The standard InChI is InChI=1S/C15H11/c1-11-14-8-4-2-6-12(14)10-13-7-3-5-9-15(11)13/h2-9H,1H3. The summed E-state index contributed by atoms with van der Waals surface area (Å²) >= 11 is 0. The van der Waals surface area contributed by atoms with E-state index in [0.717, 1.165) is 0 Å². The zero-order valence-corrected chi connectivity index (χ0v) is 8.62. The van der Waals surface area contributed by atoms with Crippen LogP contribution >= 0.6 is 0 Å². The molecule has 0 atom stereocenters. The van der Waals surface area contributed by atoms with Crippen LogP contribution in [0.2, 0.25) is 0 Å². The van der Waals surface area contributed by atoms with Gasteiger partial charge in [-0.3, -0.25) is 0 Å². The first-order chi connectivity index (χ1) is 7.36. The predicted molar refractivity (Wildman–Crippen MR) is 65.0 cm³/mol. The maximum absolute atomic E-state index is 3.45. The van der Waals surface area contributed by atoms with Crippen LogP contribution in [0.4, 0.5) is 0 Å². The van der Waals surface area contributed by atoms with E-state index in [2.05, 4.69) is 61.5 Å². The first-order valence-corrected chi connectivity index (χ1v) is 5.15. The molecule has 0 saturated carbocycles. The molecule has 0 N–H and O–H groups in total. The van der Waals surface area contributed by atoms with Crippen molar-refractivity contribution >= 4 is 21.5 Å². The minimum absolute atomic E-state index is 1.20. The quantitative estimate of drug-likeness (QED) is 0.469. The Kier molecular flexibility index (Phi) is 1.75. The van der Waals surface area contributed by atoms with Crippen LogP contribution in [0.25, 0.3) is 21.5 Å². The predicted octanol–water partition coefficient (Wildman–Crippen LogP) is 4.10. The van der Waals surface area contributed by atoms with Gasteiger partial charge in [-0.2, -0.15) is 0 Å². The summed E-state index contributed by atoms with van der Waals surface area (Å²) in [6.45, 7) is 2.18. The normalized spacial score (nSPS) is 11.0. The van der Waals surface area contributed by atoms with E-state index in [1.807, 2.05) is 0 Å². The maximum atomic E-state index is 3.45. The minimum atomic E-state index is 1.20. The number of rotatable bonds is 0.